The topological polar surface area (TPSA) is 28.0 Å². The summed E-state index contributed by atoms with van der Waals surface area (Å²) >= 11 is 0. The summed E-state index contributed by atoms with van der Waals surface area (Å²) in [5.74, 6) is 0. The van der Waals surface area contributed by atoms with Crippen molar-refractivity contribution in [1.82, 2.24) is 4.90 Å². The van der Waals surface area contributed by atoms with Crippen LogP contribution in [0.25, 0.3) is 0 Å². The number of rotatable bonds is 2. The van der Waals surface area contributed by atoms with Gasteiger partial charge in [0.25, 0.3) is 0 Å². The van der Waals surface area contributed by atoms with Crippen LogP contribution in [0.15, 0.2) is 70.8 Å². The van der Waals surface area contributed by atoms with Crippen molar-refractivity contribution in [2.45, 2.75) is 6.92 Å². The largest absolute Gasteiger partial charge is 0.357 e. The van der Waals surface area contributed by atoms with Crippen molar-refractivity contribution in [3.63, 3.8) is 0 Å². The average Bonchev–Trinajstić information content (AvgIpc) is 2.34. The summed E-state index contributed by atoms with van der Waals surface area (Å²) in [5.41, 5.74) is 3.08. The van der Waals surface area contributed by atoms with Gasteiger partial charge in [-0.25, -0.2) is 0 Å². The molecule has 17 heavy (non-hydrogen) atoms. The van der Waals surface area contributed by atoms with E-state index in [1.54, 1.807) is 6.20 Å². The second-order valence-corrected chi connectivity index (χ2v) is 3.93. The maximum Gasteiger partial charge on any atom is 0.0885 e. The van der Waals surface area contributed by atoms with Gasteiger partial charge in [-0.05, 0) is 36.3 Å². The number of benzene rings is 1. The van der Waals surface area contributed by atoms with Gasteiger partial charge in [-0.1, -0.05) is 18.2 Å². The van der Waals surface area contributed by atoms with Crippen LogP contribution in [0.3, 0.4) is 0 Å². The van der Waals surface area contributed by atoms with Gasteiger partial charge in [0.1, 0.15) is 0 Å². The molecule has 0 atom stereocenters. The second-order valence-electron chi connectivity index (χ2n) is 3.93. The molecule has 0 aliphatic carbocycles. The second kappa shape index (κ2) is 5.25. The molecule has 0 spiro atoms. The SMILES string of the molecule is Cc1ccccc1N=NC=C1C=CN(C)C=C1. The fourth-order valence-corrected chi connectivity index (χ4v) is 1.43. The van der Waals surface area contributed by atoms with Crippen LogP contribution in [0.5, 0.6) is 0 Å². The highest BCUT2D eigenvalue weighted by molar-refractivity contribution is 5.44. The van der Waals surface area contributed by atoms with Crippen molar-refractivity contribution in [2.75, 3.05) is 7.05 Å². The summed E-state index contributed by atoms with van der Waals surface area (Å²) in [6.07, 6.45) is 9.71. The van der Waals surface area contributed by atoms with E-state index < -0.39 is 0 Å². The van der Waals surface area contributed by atoms with Gasteiger partial charge in [-0.2, -0.15) is 10.2 Å². The van der Waals surface area contributed by atoms with E-state index in [1.165, 1.54) is 0 Å². The zero-order valence-corrected chi connectivity index (χ0v) is 10.0. The van der Waals surface area contributed by atoms with Crippen molar-refractivity contribution in [2.24, 2.45) is 10.2 Å². The van der Waals surface area contributed by atoms with E-state index in [9.17, 15) is 0 Å². The molecular weight excluding hydrogens is 210 g/mol. The van der Waals surface area contributed by atoms with Crippen molar-refractivity contribution in [1.29, 1.82) is 0 Å². The third-order valence-corrected chi connectivity index (χ3v) is 2.49. The maximum atomic E-state index is 4.19. The molecule has 1 aromatic carbocycles. The Kier molecular flexibility index (Phi) is 3.50. The molecule has 1 aliphatic rings. The molecule has 0 saturated heterocycles. The normalized spacial score (nSPS) is 14.7. The lowest BCUT2D eigenvalue weighted by atomic mass is 10.2. The fourth-order valence-electron chi connectivity index (χ4n) is 1.43. The number of hydrogen-bond acceptors (Lipinski definition) is 3. The standard InChI is InChI=1S/C14H15N3/c1-12-5-3-4-6-14(12)16-15-11-13-7-9-17(2)10-8-13/h3-11H,1-2H3. The summed E-state index contributed by atoms with van der Waals surface area (Å²) in [4.78, 5) is 1.98. The molecule has 3 nitrogen and oxygen atoms in total. The van der Waals surface area contributed by atoms with E-state index in [0.717, 1.165) is 16.8 Å². The summed E-state index contributed by atoms with van der Waals surface area (Å²) < 4.78 is 0. The van der Waals surface area contributed by atoms with Crippen molar-refractivity contribution < 1.29 is 0 Å². The van der Waals surface area contributed by atoms with Crippen LogP contribution in [-0.2, 0) is 0 Å². The summed E-state index contributed by atoms with van der Waals surface area (Å²) in [7, 11) is 1.98. The van der Waals surface area contributed by atoms with E-state index >= 15 is 0 Å². The molecule has 1 aromatic rings. The van der Waals surface area contributed by atoms with Crippen molar-refractivity contribution in [3.05, 3.63) is 66.2 Å². The quantitative estimate of drug-likeness (QED) is 0.701. The molecule has 0 aromatic heterocycles. The molecule has 0 saturated carbocycles. The molecule has 1 heterocycles. The Balaban J connectivity index is 2.08. The average molecular weight is 225 g/mol. The zero-order valence-electron chi connectivity index (χ0n) is 10.0. The Morgan fingerprint density at radius 1 is 1.12 bits per heavy atom. The predicted molar refractivity (Wildman–Crippen MR) is 69.8 cm³/mol. The summed E-state index contributed by atoms with van der Waals surface area (Å²) in [5, 5.41) is 8.28. The first-order chi connectivity index (χ1) is 8.25. The number of hydrogen-bond donors (Lipinski definition) is 0. The molecule has 86 valence electrons. The van der Waals surface area contributed by atoms with E-state index in [1.807, 2.05) is 67.7 Å². The highest BCUT2D eigenvalue weighted by Crippen LogP contribution is 2.18. The molecular formula is C14H15N3. The molecule has 3 heteroatoms. The first-order valence-electron chi connectivity index (χ1n) is 5.51. The number of allylic oxidation sites excluding steroid dienone is 3. The zero-order chi connectivity index (χ0) is 12.1. The lowest BCUT2D eigenvalue weighted by Gasteiger charge is -2.10. The van der Waals surface area contributed by atoms with Gasteiger partial charge in [0, 0.05) is 19.4 Å². The number of azo groups is 1. The van der Waals surface area contributed by atoms with Crippen LogP contribution in [0.2, 0.25) is 0 Å². The molecule has 0 N–H and O–H groups in total. The van der Waals surface area contributed by atoms with E-state index in [4.69, 9.17) is 0 Å². The Morgan fingerprint density at radius 3 is 2.53 bits per heavy atom. The van der Waals surface area contributed by atoms with E-state index in [-0.39, 0.29) is 0 Å². The maximum absolute atomic E-state index is 4.19. The van der Waals surface area contributed by atoms with Crippen LogP contribution in [0.4, 0.5) is 5.69 Å². The summed E-state index contributed by atoms with van der Waals surface area (Å²) in [6, 6.07) is 7.94. The van der Waals surface area contributed by atoms with Crippen LogP contribution in [0.1, 0.15) is 5.56 Å². The van der Waals surface area contributed by atoms with Crippen LogP contribution in [0, 0.1) is 6.92 Å². The van der Waals surface area contributed by atoms with Gasteiger partial charge in [-0.15, -0.1) is 0 Å². The molecule has 0 unspecified atom stereocenters. The minimum absolute atomic E-state index is 0.908. The highest BCUT2D eigenvalue weighted by atomic mass is 15.1. The molecule has 2 rings (SSSR count). The highest BCUT2D eigenvalue weighted by Gasteiger charge is 1.95. The van der Waals surface area contributed by atoms with Crippen LogP contribution in [-0.4, -0.2) is 11.9 Å². The molecule has 0 amide bonds. The van der Waals surface area contributed by atoms with Crippen molar-refractivity contribution in [3.8, 4) is 0 Å². The van der Waals surface area contributed by atoms with Crippen LogP contribution < -0.4 is 0 Å². The first-order valence-corrected chi connectivity index (χ1v) is 5.51. The van der Waals surface area contributed by atoms with Gasteiger partial charge in [-0.3, -0.25) is 0 Å². The molecule has 1 aliphatic heterocycles. The molecule has 0 fully saturated rings. The lowest BCUT2D eigenvalue weighted by Crippen LogP contribution is -2.02. The Bertz CT molecular complexity index is 494. The smallest absolute Gasteiger partial charge is 0.0885 e. The van der Waals surface area contributed by atoms with Gasteiger partial charge in [0.15, 0.2) is 0 Å². The van der Waals surface area contributed by atoms with Gasteiger partial charge >= 0.3 is 0 Å². The third-order valence-electron chi connectivity index (χ3n) is 2.49. The van der Waals surface area contributed by atoms with Gasteiger partial charge in [0.05, 0.1) is 11.9 Å². The first kappa shape index (κ1) is 11.3. The van der Waals surface area contributed by atoms with Gasteiger partial charge < -0.3 is 4.90 Å². The number of nitrogens with zero attached hydrogens (tertiary/aromatic N) is 3. The van der Waals surface area contributed by atoms with Gasteiger partial charge in [0.2, 0.25) is 0 Å². The summed E-state index contributed by atoms with van der Waals surface area (Å²) in [6.45, 7) is 2.02. The van der Waals surface area contributed by atoms with Crippen molar-refractivity contribution >= 4 is 5.69 Å². The van der Waals surface area contributed by atoms with E-state index in [0.29, 0.717) is 0 Å². The number of aryl methyl sites for hydroxylation is 1. The monoisotopic (exact) mass is 225 g/mol. The third kappa shape index (κ3) is 3.14. The fraction of sp³-hybridized carbons (Fsp3) is 0.143. The lowest BCUT2D eigenvalue weighted by molar-refractivity contribution is 0.620. The molecule has 0 radical (unpaired) electrons. The van der Waals surface area contributed by atoms with E-state index in [2.05, 4.69) is 10.2 Å². The van der Waals surface area contributed by atoms with Crippen LogP contribution >= 0.6 is 0 Å². The molecule has 0 bridgehead atoms. The predicted octanol–water partition coefficient (Wildman–Crippen LogP) is 3.94. The Hall–Kier alpha value is -2.16. The minimum atomic E-state index is 0.908. The Labute approximate surface area is 101 Å². The minimum Gasteiger partial charge on any atom is -0.357 e. The Morgan fingerprint density at radius 2 is 1.82 bits per heavy atom.